The Morgan fingerprint density at radius 3 is 2.53 bits per heavy atom. The molecule has 2 aromatic heterocycles. The second-order valence-corrected chi connectivity index (χ2v) is 9.00. The van der Waals surface area contributed by atoms with Gasteiger partial charge in [-0.3, -0.25) is 19.2 Å². The highest BCUT2D eigenvalue weighted by molar-refractivity contribution is 6.30. The van der Waals surface area contributed by atoms with Gasteiger partial charge in [0.2, 0.25) is 0 Å². The number of hydrogen-bond acceptors (Lipinski definition) is 4. The Labute approximate surface area is 191 Å². The maximum absolute atomic E-state index is 13.9. The van der Waals surface area contributed by atoms with E-state index in [9.17, 15) is 9.59 Å². The van der Waals surface area contributed by atoms with Crippen molar-refractivity contribution in [3.8, 4) is 0 Å². The van der Waals surface area contributed by atoms with Gasteiger partial charge in [0, 0.05) is 36.9 Å². The zero-order chi connectivity index (χ0) is 22.6. The Morgan fingerprint density at radius 1 is 1.19 bits per heavy atom. The topological polar surface area (TPSA) is 69.4 Å². The SMILES string of the molecule is COCCn1nc(C2CC2)c2c1C(c1ccc(Cl)cc1)N(c1cc(C)c(=O)n(C)c1)C2=O. The smallest absolute Gasteiger partial charge is 0.263 e. The molecule has 1 aromatic carbocycles. The molecular weight excluding hydrogens is 428 g/mol. The van der Waals surface area contributed by atoms with Gasteiger partial charge < -0.3 is 9.30 Å². The highest BCUT2D eigenvalue weighted by atomic mass is 35.5. The minimum atomic E-state index is -0.372. The normalized spacial score (nSPS) is 17.8. The fraction of sp³-hybridized carbons (Fsp3) is 0.375. The number of halogens is 1. The Bertz CT molecular complexity index is 1230. The average Bonchev–Trinajstić information content (AvgIpc) is 3.48. The van der Waals surface area contributed by atoms with Gasteiger partial charge in [0.25, 0.3) is 11.5 Å². The molecule has 166 valence electrons. The minimum absolute atomic E-state index is 0.0779. The van der Waals surface area contributed by atoms with Gasteiger partial charge >= 0.3 is 0 Å². The van der Waals surface area contributed by atoms with E-state index in [1.54, 1.807) is 38.2 Å². The maximum Gasteiger partial charge on any atom is 0.263 e. The zero-order valence-electron chi connectivity index (χ0n) is 18.3. The molecule has 0 saturated heterocycles. The van der Waals surface area contributed by atoms with Crippen LogP contribution < -0.4 is 10.5 Å². The Morgan fingerprint density at radius 2 is 1.91 bits per heavy atom. The number of ether oxygens (including phenoxy) is 1. The predicted molar refractivity (Wildman–Crippen MR) is 123 cm³/mol. The third-order valence-corrected chi connectivity index (χ3v) is 6.50. The number of fused-ring (bicyclic) bond motifs is 1. The van der Waals surface area contributed by atoms with Gasteiger partial charge in [-0.05, 0) is 43.5 Å². The molecule has 0 spiro atoms. The van der Waals surface area contributed by atoms with Crippen LogP contribution >= 0.6 is 11.6 Å². The van der Waals surface area contributed by atoms with Crippen molar-refractivity contribution in [3.05, 3.63) is 80.0 Å². The number of aryl methyl sites for hydroxylation is 2. The number of pyridine rings is 1. The van der Waals surface area contributed by atoms with E-state index in [-0.39, 0.29) is 17.5 Å². The van der Waals surface area contributed by atoms with Crippen LogP contribution in [-0.4, -0.2) is 34.0 Å². The molecule has 0 radical (unpaired) electrons. The van der Waals surface area contributed by atoms with E-state index in [4.69, 9.17) is 21.4 Å². The average molecular weight is 453 g/mol. The number of aromatic nitrogens is 3. The van der Waals surface area contributed by atoms with Crippen molar-refractivity contribution in [2.24, 2.45) is 7.05 Å². The molecule has 3 aromatic rings. The second kappa shape index (κ2) is 7.90. The molecule has 0 bridgehead atoms. The summed E-state index contributed by atoms with van der Waals surface area (Å²) in [6, 6.07) is 8.98. The minimum Gasteiger partial charge on any atom is -0.383 e. The van der Waals surface area contributed by atoms with Crippen LogP contribution in [0.2, 0.25) is 5.02 Å². The van der Waals surface area contributed by atoms with E-state index in [1.165, 1.54) is 4.57 Å². The number of nitrogens with zero attached hydrogens (tertiary/aromatic N) is 4. The molecule has 1 atom stereocenters. The summed E-state index contributed by atoms with van der Waals surface area (Å²) in [7, 11) is 3.37. The van der Waals surface area contributed by atoms with Gasteiger partial charge in [0.1, 0.15) is 6.04 Å². The van der Waals surface area contributed by atoms with E-state index in [2.05, 4.69) is 0 Å². The first-order valence-electron chi connectivity index (χ1n) is 10.8. The van der Waals surface area contributed by atoms with Crippen molar-refractivity contribution in [3.63, 3.8) is 0 Å². The summed E-state index contributed by atoms with van der Waals surface area (Å²) in [5, 5.41) is 5.49. The molecule has 1 saturated carbocycles. The highest BCUT2D eigenvalue weighted by Gasteiger charge is 2.47. The van der Waals surface area contributed by atoms with Crippen LogP contribution in [0.3, 0.4) is 0 Å². The van der Waals surface area contributed by atoms with Crippen LogP contribution in [0.4, 0.5) is 5.69 Å². The number of methoxy groups -OCH3 is 1. The van der Waals surface area contributed by atoms with Crippen molar-refractivity contribution >= 4 is 23.2 Å². The van der Waals surface area contributed by atoms with Crippen LogP contribution in [0, 0.1) is 6.92 Å². The number of amides is 1. The lowest BCUT2D eigenvalue weighted by Crippen LogP contribution is -2.32. The van der Waals surface area contributed by atoms with Crippen LogP contribution in [0.25, 0.3) is 0 Å². The van der Waals surface area contributed by atoms with Crippen molar-refractivity contribution < 1.29 is 9.53 Å². The standard InChI is InChI=1S/C24H25ClN4O3/c1-14-12-18(13-27(2)23(14)30)29-21(16-6-8-17(25)9-7-16)22-19(24(29)31)20(15-4-5-15)26-28(22)10-11-32-3/h6-9,12-13,15,21H,4-5,10-11H2,1-3H3. The summed E-state index contributed by atoms with van der Waals surface area (Å²) in [5.74, 6) is 0.243. The first-order chi connectivity index (χ1) is 15.4. The van der Waals surface area contributed by atoms with E-state index in [0.29, 0.717) is 40.9 Å². The van der Waals surface area contributed by atoms with Crippen LogP contribution in [0.1, 0.15) is 57.7 Å². The molecular formula is C24H25ClN4O3. The summed E-state index contributed by atoms with van der Waals surface area (Å²) in [4.78, 5) is 28.0. The zero-order valence-corrected chi connectivity index (χ0v) is 19.1. The van der Waals surface area contributed by atoms with Gasteiger partial charge in [-0.2, -0.15) is 5.10 Å². The molecule has 5 rings (SSSR count). The monoisotopic (exact) mass is 452 g/mol. The van der Waals surface area contributed by atoms with Gasteiger partial charge in [-0.15, -0.1) is 0 Å². The Hall–Kier alpha value is -2.90. The summed E-state index contributed by atoms with van der Waals surface area (Å²) in [6.45, 7) is 2.83. The Kier molecular flexibility index (Phi) is 5.18. The van der Waals surface area contributed by atoms with Crippen LogP contribution in [-0.2, 0) is 18.3 Å². The summed E-state index contributed by atoms with van der Waals surface area (Å²) in [5.41, 5.74) is 4.58. The number of anilines is 1. The van der Waals surface area contributed by atoms with Gasteiger partial charge in [0.05, 0.1) is 35.8 Å². The predicted octanol–water partition coefficient (Wildman–Crippen LogP) is 3.82. The molecule has 1 amide bonds. The molecule has 1 aliphatic carbocycles. The third kappa shape index (κ3) is 3.36. The van der Waals surface area contributed by atoms with E-state index < -0.39 is 0 Å². The van der Waals surface area contributed by atoms with Gasteiger partial charge in [-0.1, -0.05) is 23.7 Å². The largest absolute Gasteiger partial charge is 0.383 e. The van der Waals surface area contributed by atoms with E-state index >= 15 is 0 Å². The summed E-state index contributed by atoms with van der Waals surface area (Å²) < 4.78 is 8.77. The lowest BCUT2D eigenvalue weighted by Gasteiger charge is -2.27. The second-order valence-electron chi connectivity index (χ2n) is 8.56. The fourth-order valence-electron chi connectivity index (χ4n) is 4.55. The molecule has 0 N–H and O–H groups in total. The maximum atomic E-state index is 13.9. The lowest BCUT2D eigenvalue weighted by molar-refractivity contribution is 0.0992. The number of benzene rings is 1. The molecule has 1 unspecified atom stereocenters. The van der Waals surface area contributed by atoms with Gasteiger partial charge in [-0.25, -0.2) is 0 Å². The molecule has 3 heterocycles. The van der Waals surface area contributed by atoms with E-state index in [0.717, 1.165) is 29.8 Å². The van der Waals surface area contributed by atoms with E-state index in [1.807, 2.05) is 28.9 Å². The highest BCUT2D eigenvalue weighted by Crippen LogP contribution is 2.48. The summed E-state index contributed by atoms with van der Waals surface area (Å²) >= 11 is 6.16. The number of rotatable bonds is 6. The number of carbonyl (C=O) groups excluding carboxylic acids is 1. The van der Waals surface area contributed by atoms with Crippen molar-refractivity contribution in [1.29, 1.82) is 0 Å². The number of hydrogen-bond donors (Lipinski definition) is 0. The van der Waals surface area contributed by atoms with Crippen molar-refractivity contribution in [1.82, 2.24) is 14.3 Å². The van der Waals surface area contributed by atoms with Crippen LogP contribution in [0.15, 0.2) is 41.3 Å². The van der Waals surface area contributed by atoms with Crippen molar-refractivity contribution in [2.75, 3.05) is 18.6 Å². The first kappa shape index (κ1) is 21.0. The van der Waals surface area contributed by atoms with Crippen molar-refractivity contribution in [2.45, 2.75) is 38.3 Å². The molecule has 7 nitrogen and oxygen atoms in total. The summed E-state index contributed by atoms with van der Waals surface area (Å²) in [6.07, 6.45) is 3.82. The quantitative estimate of drug-likeness (QED) is 0.570. The fourth-order valence-corrected chi connectivity index (χ4v) is 4.67. The third-order valence-electron chi connectivity index (χ3n) is 6.25. The lowest BCUT2D eigenvalue weighted by atomic mass is 10.0. The molecule has 1 fully saturated rings. The molecule has 1 aliphatic heterocycles. The molecule has 2 aliphatic rings. The van der Waals surface area contributed by atoms with Crippen LogP contribution in [0.5, 0.6) is 0 Å². The Balaban J connectivity index is 1.73. The first-order valence-corrected chi connectivity index (χ1v) is 11.1. The van der Waals surface area contributed by atoms with Gasteiger partial charge in [0.15, 0.2) is 0 Å². The molecule has 32 heavy (non-hydrogen) atoms. The molecule has 8 heteroatoms. The number of carbonyl (C=O) groups is 1.